The number of allylic oxidation sites excluding steroid dienone is 1. The van der Waals surface area contributed by atoms with Gasteiger partial charge >= 0.3 is 17.9 Å². The molecule has 80 heavy (non-hydrogen) atoms. The molecule has 6 rings (SSSR count). The highest BCUT2D eigenvalue weighted by Crippen LogP contribution is 2.38. The van der Waals surface area contributed by atoms with E-state index in [1.165, 1.54) is 109 Å². The van der Waals surface area contributed by atoms with E-state index in [2.05, 4.69) is 19.2 Å². The van der Waals surface area contributed by atoms with E-state index < -0.39 is 67.0 Å². The van der Waals surface area contributed by atoms with Crippen LogP contribution in [0.5, 0.6) is 0 Å². The Balaban J connectivity index is 1.22. The third-order valence-corrected chi connectivity index (χ3v) is 15.1. The van der Waals surface area contributed by atoms with E-state index in [1.807, 2.05) is 48.6 Å². The number of ether oxygens (including phenoxy) is 7. The van der Waals surface area contributed by atoms with Gasteiger partial charge in [0.1, 0.15) is 18.3 Å². The Morgan fingerprint density at radius 3 is 1.46 bits per heavy atom. The van der Waals surface area contributed by atoms with Gasteiger partial charge in [0.05, 0.1) is 35.9 Å². The Morgan fingerprint density at radius 1 is 0.525 bits per heavy atom. The molecular formula is C68H93NO11. The molecule has 2 saturated heterocycles. The van der Waals surface area contributed by atoms with Crippen molar-refractivity contribution in [1.82, 2.24) is 5.32 Å². The molecule has 2 aliphatic heterocycles. The molecule has 1 unspecified atom stereocenters. The second kappa shape index (κ2) is 38.1. The van der Waals surface area contributed by atoms with Crippen molar-refractivity contribution in [1.29, 1.82) is 0 Å². The van der Waals surface area contributed by atoms with E-state index in [9.17, 15) is 19.2 Å². The molecule has 12 nitrogen and oxygen atoms in total. The Morgan fingerprint density at radius 2 is 0.963 bits per heavy atom. The minimum atomic E-state index is -1.39. The average molecular weight is 1100 g/mol. The third kappa shape index (κ3) is 23.1. The van der Waals surface area contributed by atoms with Gasteiger partial charge in [-0.15, -0.1) is 0 Å². The predicted molar refractivity (Wildman–Crippen MR) is 314 cm³/mol. The van der Waals surface area contributed by atoms with E-state index >= 15 is 0 Å². The Labute approximate surface area is 478 Å². The first-order valence-corrected chi connectivity index (χ1v) is 30.7. The van der Waals surface area contributed by atoms with Crippen molar-refractivity contribution < 1.29 is 52.3 Å². The van der Waals surface area contributed by atoms with E-state index in [0.717, 1.165) is 50.5 Å². The first-order chi connectivity index (χ1) is 39.3. The van der Waals surface area contributed by atoms with Crippen LogP contribution in [0.15, 0.2) is 133 Å². The number of nitrogens with one attached hydrogen (secondary N) is 1. The molecule has 0 radical (unpaired) electrons. The van der Waals surface area contributed by atoms with Gasteiger partial charge in [-0.3, -0.25) is 4.79 Å². The summed E-state index contributed by atoms with van der Waals surface area (Å²) in [6.07, 6.45) is 26.1. The second-order valence-corrected chi connectivity index (χ2v) is 21.7. The first kappa shape index (κ1) is 63.5. The molecule has 0 saturated carbocycles. The second-order valence-electron chi connectivity index (χ2n) is 21.7. The molecular weight excluding hydrogens is 1010 g/mol. The van der Waals surface area contributed by atoms with E-state index in [0.29, 0.717) is 12.0 Å². The van der Waals surface area contributed by atoms with Gasteiger partial charge in [0.2, 0.25) is 5.91 Å². The highest BCUT2D eigenvalue weighted by atomic mass is 16.8. The van der Waals surface area contributed by atoms with Crippen LogP contribution in [0.25, 0.3) is 0 Å². The van der Waals surface area contributed by atoms with E-state index in [-0.39, 0.29) is 36.7 Å². The minimum Gasteiger partial charge on any atom is -0.452 e. The highest BCUT2D eigenvalue weighted by Gasteiger charge is 2.54. The van der Waals surface area contributed by atoms with Crippen LogP contribution < -0.4 is 5.32 Å². The van der Waals surface area contributed by atoms with Gasteiger partial charge in [0.25, 0.3) is 0 Å². The molecule has 4 aromatic rings. The topological polar surface area (TPSA) is 145 Å². The van der Waals surface area contributed by atoms with Crippen molar-refractivity contribution in [2.75, 3.05) is 13.2 Å². The number of carbonyl (C=O) groups excluding carboxylic acids is 4. The van der Waals surface area contributed by atoms with Gasteiger partial charge in [-0.25, -0.2) is 14.4 Å². The van der Waals surface area contributed by atoms with Crippen molar-refractivity contribution in [3.63, 3.8) is 0 Å². The summed E-state index contributed by atoms with van der Waals surface area (Å²) in [4.78, 5) is 56.4. The van der Waals surface area contributed by atoms with Crippen molar-refractivity contribution in [2.24, 2.45) is 0 Å². The minimum absolute atomic E-state index is 0.0151. The summed E-state index contributed by atoms with van der Waals surface area (Å²) in [6.45, 7) is 4.26. The molecule has 0 aliphatic carbocycles. The van der Waals surface area contributed by atoms with Crippen LogP contribution in [0.2, 0.25) is 0 Å². The monoisotopic (exact) mass is 1100 g/mol. The van der Waals surface area contributed by atoms with Gasteiger partial charge in [-0.2, -0.15) is 0 Å². The summed E-state index contributed by atoms with van der Waals surface area (Å²) in [5.74, 6) is -2.15. The summed E-state index contributed by atoms with van der Waals surface area (Å²) < 4.78 is 45.3. The number of hydrogen-bond donors (Lipinski definition) is 1. The lowest BCUT2D eigenvalue weighted by atomic mass is 9.96. The molecule has 0 spiro atoms. The smallest absolute Gasteiger partial charge is 0.338 e. The SMILES string of the molecule is CCCCCCCCCCCCC/C=C/[C@@H](OC(=O)c1ccccc1)[C@H](CO[C@H]1O[C@@H]2COC(c3ccccc3)O[C@@H]2[C@H](OC(=O)c2ccccc2)[C@H]1OC(=O)c1ccccc1)NC(=O)CCCCCCCCCCCCCCC. The maximum Gasteiger partial charge on any atom is 0.338 e. The molecule has 1 amide bonds. The van der Waals surface area contributed by atoms with Gasteiger partial charge < -0.3 is 38.5 Å². The van der Waals surface area contributed by atoms with E-state index in [4.69, 9.17) is 33.2 Å². The summed E-state index contributed by atoms with van der Waals surface area (Å²) in [5, 5.41) is 3.19. The zero-order valence-corrected chi connectivity index (χ0v) is 48.1. The van der Waals surface area contributed by atoms with Gasteiger partial charge in [-0.05, 0) is 61.7 Å². The molecule has 2 aliphatic rings. The van der Waals surface area contributed by atoms with Crippen LogP contribution in [0.4, 0.5) is 0 Å². The number of benzene rings is 4. The van der Waals surface area contributed by atoms with Crippen LogP contribution in [-0.2, 0) is 38.0 Å². The predicted octanol–water partition coefficient (Wildman–Crippen LogP) is 15.7. The number of carbonyl (C=O) groups is 4. The molecule has 12 heteroatoms. The zero-order chi connectivity index (χ0) is 56.2. The van der Waals surface area contributed by atoms with Crippen LogP contribution >= 0.6 is 0 Å². The summed E-state index contributed by atoms with van der Waals surface area (Å²) >= 11 is 0. The standard InChI is InChI=1S/C68H93NO11/c1-3-5-7-9-11-13-15-17-19-21-23-25-39-49-58(76-64(71)53-41-31-27-32-42-53)57(69-60(70)50-40-26-24-22-20-18-16-14-12-10-8-6-4-2)51-74-68-63(79-66(73)55-45-35-29-36-46-55)62(78-65(72)54-43-33-28-34-44-54)61-59(77-68)52-75-67(80-61)56-47-37-30-38-48-56/h27-39,41-49,57-59,61-63,67-68H,3-26,40,50-52H2,1-2H3,(H,69,70)/b49-39+/t57-,58+,59+,61-,62-,63+,67?,68-/m0/s1. The number of hydrogen-bond acceptors (Lipinski definition) is 11. The fraction of sp³-hybridized carbons (Fsp3) is 0.559. The number of fused-ring (bicyclic) bond motifs is 1. The van der Waals surface area contributed by atoms with Gasteiger partial charge in [0.15, 0.2) is 24.8 Å². The highest BCUT2D eigenvalue weighted by molar-refractivity contribution is 5.91. The van der Waals surface area contributed by atoms with Gasteiger partial charge in [-0.1, -0.05) is 246 Å². The lowest BCUT2D eigenvalue weighted by Crippen LogP contribution is -2.64. The summed E-state index contributed by atoms with van der Waals surface area (Å²) in [5.41, 5.74) is 1.63. The Hall–Kier alpha value is -5.66. The van der Waals surface area contributed by atoms with Crippen LogP contribution in [0.1, 0.15) is 224 Å². The van der Waals surface area contributed by atoms with Crippen LogP contribution in [0.3, 0.4) is 0 Å². The summed E-state index contributed by atoms with van der Waals surface area (Å²) in [7, 11) is 0. The molecule has 4 aromatic carbocycles. The van der Waals surface area contributed by atoms with E-state index in [1.54, 1.807) is 84.9 Å². The lowest BCUT2D eigenvalue weighted by molar-refractivity contribution is -0.360. The van der Waals surface area contributed by atoms with Crippen molar-refractivity contribution in [3.8, 4) is 0 Å². The molecule has 1 N–H and O–H groups in total. The quantitative estimate of drug-likeness (QED) is 0.0197. The molecule has 2 fully saturated rings. The van der Waals surface area contributed by atoms with Crippen molar-refractivity contribution in [2.45, 2.75) is 230 Å². The lowest BCUT2D eigenvalue weighted by Gasteiger charge is -2.48. The fourth-order valence-electron chi connectivity index (χ4n) is 10.4. The number of rotatable bonds is 39. The molecule has 436 valence electrons. The third-order valence-electron chi connectivity index (χ3n) is 15.1. The molecule has 2 heterocycles. The summed E-state index contributed by atoms with van der Waals surface area (Å²) in [6, 6.07) is 34.3. The Bertz CT molecular complexity index is 2330. The maximum absolute atomic E-state index is 14.2. The number of unbranched alkanes of at least 4 members (excludes halogenated alkanes) is 23. The fourth-order valence-corrected chi connectivity index (χ4v) is 10.4. The molecule has 0 aromatic heterocycles. The number of amides is 1. The normalized spacial score (nSPS) is 19.6. The van der Waals surface area contributed by atoms with Crippen molar-refractivity contribution >= 4 is 23.8 Å². The van der Waals surface area contributed by atoms with Crippen LogP contribution in [0, 0.1) is 0 Å². The zero-order valence-electron chi connectivity index (χ0n) is 48.1. The largest absolute Gasteiger partial charge is 0.452 e. The average Bonchev–Trinajstić information content (AvgIpc) is 3.54. The van der Waals surface area contributed by atoms with Crippen LogP contribution in [-0.4, -0.2) is 79.9 Å². The molecule has 0 bridgehead atoms. The Kier molecular flexibility index (Phi) is 30.3. The van der Waals surface area contributed by atoms with Gasteiger partial charge in [0, 0.05) is 12.0 Å². The maximum atomic E-state index is 14.2. The van der Waals surface area contributed by atoms with Crippen molar-refractivity contribution in [3.05, 3.63) is 156 Å². The first-order valence-electron chi connectivity index (χ1n) is 30.7. The number of esters is 3. The molecule has 8 atom stereocenters.